The number of carbonyl (C=O) groups excluding carboxylic acids is 1. The van der Waals surface area contributed by atoms with Gasteiger partial charge in [0.15, 0.2) is 0 Å². The Kier molecular flexibility index (Phi) is 8.88. The molecule has 0 aliphatic carbocycles. The first-order valence-electron chi connectivity index (χ1n) is 10.9. The van der Waals surface area contributed by atoms with Crippen LogP contribution < -0.4 is 10.1 Å². The summed E-state index contributed by atoms with van der Waals surface area (Å²) in [6.07, 6.45) is 7.02. The van der Waals surface area contributed by atoms with Gasteiger partial charge in [0.2, 0.25) is 5.91 Å². The van der Waals surface area contributed by atoms with E-state index < -0.39 is 0 Å². The number of unbranched alkanes of at least 4 members (excludes halogenated alkanes) is 1. The third kappa shape index (κ3) is 6.52. The molecule has 0 saturated carbocycles. The number of benzene rings is 1. The highest BCUT2D eigenvalue weighted by Crippen LogP contribution is 2.28. The summed E-state index contributed by atoms with van der Waals surface area (Å²) in [7, 11) is 0. The van der Waals surface area contributed by atoms with Gasteiger partial charge in [-0.25, -0.2) is 0 Å². The van der Waals surface area contributed by atoms with E-state index in [2.05, 4.69) is 21.7 Å². The van der Waals surface area contributed by atoms with Gasteiger partial charge in [-0.05, 0) is 50.4 Å². The SMILES string of the molecule is C=C/C(Cl)=C(Cl)\C(=C/C)N1CCN(CCCCOc2ccc3c(c2)NC(=O)CC3)CC1. The van der Waals surface area contributed by atoms with E-state index in [1.54, 1.807) is 6.08 Å². The lowest BCUT2D eigenvalue weighted by Gasteiger charge is -2.37. The smallest absolute Gasteiger partial charge is 0.224 e. The van der Waals surface area contributed by atoms with Crippen molar-refractivity contribution in [2.75, 3.05) is 44.6 Å². The highest BCUT2D eigenvalue weighted by atomic mass is 35.5. The number of nitrogens with one attached hydrogen (secondary N) is 1. The molecule has 1 aromatic carbocycles. The van der Waals surface area contributed by atoms with Crippen LogP contribution in [0.3, 0.4) is 0 Å². The first-order valence-corrected chi connectivity index (χ1v) is 11.6. The number of anilines is 1. The van der Waals surface area contributed by atoms with Gasteiger partial charge < -0.3 is 15.0 Å². The van der Waals surface area contributed by atoms with Gasteiger partial charge >= 0.3 is 0 Å². The molecule has 1 fully saturated rings. The van der Waals surface area contributed by atoms with Crippen LogP contribution in [-0.4, -0.2) is 55.0 Å². The number of aryl methyl sites for hydroxylation is 1. The number of hydrogen-bond donors (Lipinski definition) is 1. The van der Waals surface area contributed by atoms with E-state index >= 15 is 0 Å². The monoisotopic (exact) mass is 463 g/mol. The number of hydrogen-bond acceptors (Lipinski definition) is 4. The zero-order valence-corrected chi connectivity index (χ0v) is 19.6. The Labute approximate surface area is 195 Å². The zero-order chi connectivity index (χ0) is 22.2. The second-order valence-corrected chi connectivity index (χ2v) is 8.58. The lowest BCUT2D eigenvalue weighted by Crippen LogP contribution is -2.46. The molecule has 2 heterocycles. The van der Waals surface area contributed by atoms with Crippen LogP contribution in [0.4, 0.5) is 5.69 Å². The minimum absolute atomic E-state index is 0.0772. The number of piperazine rings is 1. The Balaban J connectivity index is 1.36. The van der Waals surface area contributed by atoms with Gasteiger partial charge in [-0.2, -0.15) is 0 Å². The van der Waals surface area contributed by atoms with Crippen molar-refractivity contribution in [1.29, 1.82) is 0 Å². The van der Waals surface area contributed by atoms with E-state index in [0.29, 0.717) is 23.1 Å². The van der Waals surface area contributed by atoms with Gasteiger partial charge in [-0.1, -0.05) is 41.9 Å². The summed E-state index contributed by atoms with van der Waals surface area (Å²) < 4.78 is 5.89. The lowest BCUT2D eigenvalue weighted by atomic mass is 10.0. The Hall–Kier alpha value is -1.95. The summed E-state index contributed by atoms with van der Waals surface area (Å²) in [5.74, 6) is 0.893. The fraction of sp³-hybridized carbons (Fsp3) is 0.458. The maximum Gasteiger partial charge on any atom is 0.224 e. The van der Waals surface area contributed by atoms with E-state index in [4.69, 9.17) is 27.9 Å². The van der Waals surface area contributed by atoms with Gasteiger partial charge in [-0.15, -0.1) is 0 Å². The van der Waals surface area contributed by atoms with E-state index in [-0.39, 0.29) is 5.91 Å². The van der Waals surface area contributed by atoms with E-state index in [9.17, 15) is 4.79 Å². The summed E-state index contributed by atoms with van der Waals surface area (Å²) >= 11 is 12.5. The molecule has 1 saturated heterocycles. The molecule has 31 heavy (non-hydrogen) atoms. The first kappa shape index (κ1) is 23.7. The number of ether oxygens (including phenoxy) is 1. The molecule has 7 heteroatoms. The molecule has 0 bridgehead atoms. The van der Waals surface area contributed by atoms with Crippen molar-refractivity contribution in [3.05, 3.63) is 58.3 Å². The maximum absolute atomic E-state index is 11.6. The average Bonchev–Trinajstić information content (AvgIpc) is 2.79. The molecule has 2 aliphatic heterocycles. The van der Waals surface area contributed by atoms with Gasteiger partial charge in [-0.3, -0.25) is 9.69 Å². The highest BCUT2D eigenvalue weighted by molar-refractivity contribution is 6.41. The normalized spacial score (nSPS) is 18.2. The Bertz CT molecular complexity index is 858. The topological polar surface area (TPSA) is 44.8 Å². The molecular formula is C24H31Cl2N3O2. The van der Waals surface area contributed by atoms with Gasteiger partial charge in [0.25, 0.3) is 0 Å². The average molecular weight is 464 g/mol. The molecule has 0 unspecified atom stereocenters. The third-order valence-corrected chi connectivity index (χ3v) is 6.55. The number of rotatable bonds is 9. The standard InChI is InChI=1S/C24H31Cl2N3O2/c1-3-20(25)24(26)22(4-2)29-14-12-28(13-15-29)11-5-6-16-31-19-9-7-18-8-10-23(30)27-21(18)17-19/h3-4,7,9,17H,1,5-6,8,10-16H2,2H3,(H,27,30)/b22-4+,24-20-. The van der Waals surface area contributed by atoms with E-state index in [1.807, 2.05) is 31.2 Å². The largest absolute Gasteiger partial charge is 0.494 e. The number of carbonyl (C=O) groups is 1. The number of allylic oxidation sites excluding steroid dienone is 4. The van der Waals surface area contributed by atoms with Crippen molar-refractivity contribution in [3.63, 3.8) is 0 Å². The lowest BCUT2D eigenvalue weighted by molar-refractivity contribution is -0.116. The Morgan fingerprint density at radius 3 is 2.68 bits per heavy atom. The molecule has 0 aromatic heterocycles. The quantitative estimate of drug-likeness (QED) is 0.407. The number of nitrogens with zero attached hydrogens (tertiary/aromatic N) is 2. The van der Waals surface area contributed by atoms with Crippen molar-refractivity contribution in [2.45, 2.75) is 32.6 Å². The van der Waals surface area contributed by atoms with Crippen molar-refractivity contribution in [1.82, 2.24) is 9.80 Å². The van der Waals surface area contributed by atoms with Gasteiger partial charge in [0.05, 0.1) is 22.4 Å². The predicted molar refractivity (Wildman–Crippen MR) is 129 cm³/mol. The highest BCUT2D eigenvalue weighted by Gasteiger charge is 2.20. The maximum atomic E-state index is 11.6. The van der Waals surface area contributed by atoms with Crippen molar-refractivity contribution in [3.8, 4) is 5.75 Å². The summed E-state index contributed by atoms with van der Waals surface area (Å²) in [6.45, 7) is 11.2. The van der Waals surface area contributed by atoms with Gasteiger partial charge in [0, 0.05) is 44.4 Å². The summed E-state index contributed by atoms with van der Waals surface area (Å²) in [5, 5.41) is 3.97. The van der Waals surface area contributed by atoms with Crippen LogP contribution in [0.1, 0.15) is 31.7 Å². The van der Waals surface area contributed by atoms with Crippen LogP contribution >= 0.6 is 23.2 Å². The van der Waals surface area contributed by atoms with Crippen molar-refractivity contribution >= 4 is 34.8 Å². The van der Waals surface area contributed by atoms with Crippen molar-refractivity contribution in [2.24, 2.45) is 0 Å². The summed E-state index contributed by atoms with van der Waals surface area (Å²) in [6, 6.07) is 5.97. The molecule has 1 amide bonds. The molecule has 0 spiro atoms. The second kappa shape index (κ2) is 11.6. The number of fused-ring (bicyclic) bond motifs is 1. The molecule has 2 aliphatic rings. The third-order valence-electron chi connectivity index (χ3n) is 5.71. The molecule has 3 rings (SSSR count). The van der Waals surface area contributed by atoms with Crippen LogP contribution in [0, 0.1) is 0 Å². The fourth-order valence-corrected chi connectivity index (χ4v) is 4.34. The second-order valence-electron chi connectivity index (χ2n) is 7.79. The molecule has 0 radical (unpaired) electrons. The molecular weight excluding hydrogens is 433 g/mol. The predicted octanol–water partition coefficient (Wildman–Crippen LogP) is 5.13. The summed E-state index contributed by atoms with van der Waals surface area (Å²) in [5.41, 5.74) is 3.04. The van der Waals surface area contributed by atoms with Crippen LogP contribution in [0.25, 0.3) is 0 Å². The number of amides is 1. The summed E-state index contributed by atoms with van der Waals surface area (Å²) in [4.78, 5) is 16.3. The first-order chi connectivity index (χ1) is 15.0. The van der Waals surface area contributed by atoms with Crippen LogP contribution in [0.15, 0.2) is 52.7 Å². The fourth-order valence-electron chi connectivity index (χ4n) is 3.94. The minimum atomic E-state index is 0.0772. The van der Waals surface area contributed by atoms with Crippen molar-refractivity contribution < 1.29 is 9.53 Å². The Morgan fingerprint density at radius 2 is 1.97 bits per heavy atom. The Morgan fingerprint density at radius 1 is 1.19 bits per heavy atom. The van der Waals surface area contributed by atoms with Crippen LogP contribution in [0.5, 0.6) is 5.75 Å². The van der Waals surface area contributed by atoms with Crippen LogP contribution in [0.2, 0.25) is 0 Å². The minimum Gasteiger partial charge on any atom is -0.494 e. The van der Waals surface area contributed by atoms with E-state index in [0.717, 1.165) is 69.1 Å². The van der Waals surface area contributed by atoms with Crippen LogP contribution in [-0.2, 0) is 11.2 Å². The molecule has 168 valence electrons. The number of halogens is 2. The molecule has 0 atom stereocenters. The van der Waals surface area contributed by atoms with E-state index in [1.165, 1.54) is 5.56 Å². The zero-order valence-electron chi connectivity index (χ0n) is 18.1. The molecule has 5 nitrogen and oxygen atoms in total. The molecule has 1 aromatic rings. The molecule has 1 N–H and O–H groups in total. The van der Waals surface area contributed by atoms with Gasteiger partial charge in [0.1, 0.15) is 5.75 Å².